The SMILES string of the molecule is OC1CCC(C2CC(C(O)O)NN2)CC1. The Balaban J connectivity index is 1.80. The Bertz CT molecular complexity index is 205. The van der Waals surface area contributed by atoms with E-state index in [1.807, 2.05) is 0 Å². The molecule has 0 aromatic rings. The molecule has 2 unspecified atom stereocenters. The zero-order valence-electron chi connectivity index (χ0n) is 8.76. The van der Waals surface area contributed by atoms with Gasteiger partial charge in [0.15, 0.2) is 6.29 Å². The molecule has 2 rings (SSSR count). The van der Waals surface area contributed by atoms with Gasteiger partial charge in [-0.3, -0.25) is 5.43 Å². The highest BCUT2D eigenvalue weighted by atomic mass is 16.5. The summed E-state index contributed by atoms with van der Waals surface area (Å²) in [6.07, 6.45) is 3.11. The number of aliphatic hydroxyl groups is 3. The monoisotopic (exact) mass is 216 g/mol. The van der Waals surface area contributed by atoms with Crippen LogP contribution in [0.15, 0.2) is 0 Å². The molecule has 2 aliphatic rings. The third-order valence-electron chi connectivity index (χ3n) is 3.63. The lowest BCUT2D eigenvalue weighted by Gasteiger charge is -2.29. The van der Waals surface area contributed by atoms with Gasteiger partial charge in [0, 0.05) is 6.04 Å². The first-order valence-corrected chi connectivity index (χ1v) is 5.72. The van der Waals surface area contributed by atoms with E-state index in [1.54, 1.807) is 0 Å². The molecule has 5 N–H and O–H groups in total. The molecule has 1 saturated heterocycles. The summed E-state index contributed by atoms with van der Waals surface area (Å²) < 4.78 is 0. The first kappa shape index (κ1) is 11.3. The van der Waals surface area contributed by atoms with Gasteiger partial charge in [-0.1, -0.05) is 0 Å². The second-order valence-corrected chi connectivity index (χ2v) is 4.72. The summed E-state index contributed by atoms with van der Waals surface area (Å²) in [7, 11) is 0. The van der Waals surface area contributed by atoms with Crippen LogP contribution in [-0.4, -0.2) is 39.8 Å². The van der Waals surface area contributed by atoms with Crippen molar-refractivity contribution in [3.63, 3.8) is 0 Å². The van der Waals surface area contributed by atoms with E-state index in [4.69, 9.17) is 10.2 Å². The predicted molar refractivity (Wildman–Crippen MR) is 54.7 cm³/mol. The van der Waals surface area contributed by atoms with Gasteiger partial charge < -0.3 is 15.3 Å². The molecule has 1 heterocycles. The minimum absolute atomic E-state index is 0.130. The van der Waals surface area contributed by atoms with Gasteiger partial charge in [0.1, 0.15) is 0 Å². The summed E-state index contributed by atoms with van der Waals surface area (Å²) in [5, 5.41) is 27.4. The largest absolute Gasteiger partial charge is 0.393 e. The van der Waals surface area contributed by atoms with Crippen LogP contribution >= 0.6 is 0 Å². The zero-order valence-corrected chi connectivity index (χ0v) is 8.76. The molecule has 15 heavy (non-hydrogen) atoms. The zero-order chi connectivity index (χ0) is 10.8. The van der Waals surface area contributed by atoms with Gasteiger partial charge in [-0.15, -0.1) is 0 Å². The number of aliphatic hydroxyl groups excluding tert-OH is 2. The summed E-state index contributed by atoms with van der Waals surface area (Å²) in [5.41, 5.74) is 6.02. The van der Waals surface area contributed by atoms with Gasteiger partial charge in [0.25, 0.3) is 0 Å². The molecule has 2 atom stereocenters. The van der Waals surface area contributed by atoms with E-state index in [0.29, 0.717) is 12.0 Å². The van der Waals surface area contributed by atoms with Crippen molar-refractivity contribution in [3.05, 3.63) is 0 Å². The third-order valence-corrected chi connectivity index (χ3v) is 3.63. The van der Waals surface area contributed by atoms with Crippen molar-refractivity contribution in [2.45, 2.75) is 56.6 Å². The highest BCUT2D eigenvalue weighted by Gasteiger charge is 2.34. The van der Waals surface area contributed by atoms with E-state index in [2.05, 4.69) is 10.9 Å². The molecule has 1 saturated carbocycles. The molecule has 0 spiro atoms. The van der Waals surface area contributed by atoms with Crippen molar-refractivity contribution < 1.29 is 15.3 Å². The molecule has 2 fully saturated rings. The van der Waals surface area contributed by atoms with Crippen LogP contribution in [0.2, 0.25) is 0 Å². The van der Waals surface area contributed by atoms with Crippen molar-refractivity contribution in [1.82, 2.24) is 10.9 Å². The van der Waals surface area contributed by atoms with Crippen molar-refractivity contribution in [1.29, 1.82) is 0 Å². The van der Waals surface area contributed by atoms with Crippen molar-refractivity contribution >= 4 is 0 Å². The van der Waals surface area contributed by atoms with Gasteiger partial charge >= 0.3 is 0 Å². The molecule has 88 valence electrons. The molecule has 0 aromatic heterocycles. The Morgan fingerprint density at radius 1 is 1.00 bits per heavy atom. The standard InChI is InChI=1S/C10H20N2O3/c13-7-3-1-6(2-4-7)8-5-9(10(14)15)12-11-8/h6-15H,1-5H2. The predicted octanol–water partition coefficient (Wildman–Crippen LogP) is -0.917. The Morgan fingerprint density at radius 2 is 1.67 bits per heavy atom. The van der Waals surface area contributed by atoms with Gasteiger partial charge in [-0.2, -0.15) is 0 Å². The molecule has 1 aliphatic heterocycles. The summed E-state index contributed by atoms with van der Waals surface area (Å²) >= 11 is 0. The second kappa shape index (κ2) is 4.76. The molecule has 0 aromatic carbocycles. The van der Waals surface area contributed by atoms with E-state index >= 15 is 0 Å². The van der Waals surface area contributed by atoms with Crippen LogP contribution in [0.1, 0.15) is 32.1 Å². The Labute approximate surface area is 89.5 Å². The Hall–Kier alpha value is -0.200. The van der Waals surface area contributed by atoms with Crippen LogP contribution in [0.25, 0.3) is 0 Å². The van der Waals surface area contributed by atoms with Gasteiger partial charge in [-0.05, 0) is 38.0 Å². The lowest BCUT2D eigenvalue weighted by Crippen LogP contribution is -2.41. The fourth-order valence-electron chi connectivity index (χ4n) is 2.62. The van der Waals surface area contributed by atoms with Crippen LogP contribution in [0.5, 0.6) is 0 Å². The summed E-state index contributed by atoms with van der Waals surface area (Å²) in [6.45, 7) is 0. The van der Waals surface area contributed by atoms with Crippen molar-refractivity contribution in [2.24, 2.45) is 5.92 Å². The number of hydrogen-bond donors (Lipinski definition) is 5. The highest BCUT2D eigenvalue weighted by Crippen LogP contribution is 2.30. The third kappa shape index (κ3) is 2.68. The van der Waals surface area contributed by atoms with E-state index in [9.17, 15) is 5.11 Å². The second-order valence-electron chi connectivity index (χ2n) is 4.72. The molecule has 5 heteroatoms. The molecular formula is C10H20N2O3. The number of rotatable bonds is 2. The van der Waals surface area contributed by atoms with Crippen LogP contribution in [0.4, 0.5) is 0 Å². The van der Waals surface area contributed by atoms with Crippen molar-refractivity contribution in [3.8, 4) is 0 Å². The summed E-state index contributed by atoms with van der Waals surface area (Å²) in [4.78, 5) is 0. The molecule has 5 nitrogen and oxygen atoms in total. The van der Waals surface area contributed by atoms with E-state index < -0.39 is 6.29 Å². The van der Waals surface area contributed by atoms with Crippen LogP contribution in [0.3, 0.4) is 0 Å². The lowest BCUT2D eigenvalue weighted by molar-refractivity contribution is -0.0640. The van der Waals surface area contributed by atoms with Gasteiger partial charge in [0.2, 0.25) is 0 Å². The normalized spacial score (nSPS) is 42.4. The lowest BCUT2D eigenvalue weighted by atomic mass is 9.81. The first-order chi connectivity index (χ1) is 7.16. The Morgan fingerprint density at radius 3 is 2.20 bits per heavy atom. The maximum atomic E-state index is 9.39. The van der Waals surface area contributed by atoms with Gasteiger partial charge in [-0.25, -0.2) is 5.43 Å². The number of hydrogen-bond acceptors (Lipinski definition) is 5. The van der Waals surface area contributed by atoms with Gasteiger partial charge in [0.05, 0.1) is 12.1 Å². The Kier molecular flexibility index (Phi) is 3.58. The maximum Gasteiger partial charge on any atom is 0.168 e. The van der Waals surface area contributed by atoms with E-state index in [-0.39, 0.29) is 12.1 Å². The van der Waals surface area contributed by atoms with E-state index in [0.717, 1.165) is 32.1 Å². The minimum Gasteiger partial charge on any atom is -0.393 e. The first-order valence-electron chi connectivity index (χ1n) is 5.72. The average molecular weight is 216 g/mol. The van der Waals surface area contributed by atoms with Crippen LogP contribution < -0.4 is 10.9 Å². The molecule has 1 aliphatic carbocycles. The fourth-order valence-corrected chi connectivity index (χ4v) is 2.62. The quantitative estimate of drug-likeness (QED) is 0.386. The highest BCUT2D eigenvalue weighted by molar-refractivity contribution is 4.89. The van der Waals surface area contributed by atoms with Crippen LogP contribution in [0, 0.1) is 5.92 Å². The molecule has 0 radical (unpaired) electrons. The summed E-state index contributed by atoms with van der Waals surface area (Å²) in [6, 6.07) is 0.0474. The number of hydrazine groups is 1. The maximum absolute atomic E-state index is 9.39. The number of nitrogens with one attached hydrogen (secondary N) is 2. The molecule has 0 amide bonds. The smallest absolute Gasteiger partial charge is 0.168 e. The summed E-state index contributed by atoms with van der Waals surface area (Å²) in [5.74, 6) is 0.546. The molecule has 0 bridgehead atoms. The average Bonchev–Trinajstić information content (AvgIpc) is 2.68. The molecular weight excluding hydrogens is 196 g/mol. The van der Waals surface area contributed by atoms with Crippen molar-refractivity contribution in [2.75, 3.05) is 0 Å². The van der Waals surface area contributed by atoms with Crippen LogP contribution in [-0.2, 0) is 0 Å². The minimum atomic E-state index is -1.29. The fraction of sp³-hybridized carbons (Fsp3) is 1.00. The van der Waals surface area contributed by atoms with E-state index in [1.165, 1.54) is 0 Å². The topological polar surface area (TPSA) is 84.8 Å².